The molecule has 0 saturated heterocycles. The maximum atomic E-state index is 13.9. The van der Waals surface area contributed by atoms with Gasteiger partial charge in [0, 0.05) is 28.7 Å². The second-order valence-electron chi connectivity index (χ2n) is 9.04. The molecule has 1 atom stereocenters. The van der Waals surface area contributed by atoms with Crippen LogP contribution in [0.2, 0.25) is 10.0 Å². The Bertz CT molecular complexity index is 1410. The van der Waals surface area contributed by atoms with E-state index in [0.29, 0.717) is 34.5 Å². The van der Waals surface area contributed by atoms with Crippen molar-refractivity contribution in [3.8, 4) is 5.75 Å². The monoisotopic (exact) mass is 605 g/mol. The van der Waals surface area contributed by atoms with E-state index in [2.05, 4.69) is 5.32 Å². The minimum atomic E-state index is -4.18. The summed E-state index contributed by atoms with van der Waals surface area (Å²) in [5, 5.41) is 3.36. The van der Waals surface area contributed by atoms with E-state index >= 15 is 0 Å². The van der Waals surface area contributed by atoms with Crippen LogP contribution in [0, 0.1) is 6.92 Å². The number of amides is 2. The number of hydrogen-bond donors (Lipinski definition) is 1. The molecule has 0 unspecified atom stereocenters. The lowest BCUT2D eigenvalue weighted by Crippen LogP contribution is -2.51. The van der Waals surface area contributed by atoms with E-state index in [1.54, 1.807) is 68.4 Å². The van der Waals surface area contributed by atoms with Crippen LogP contribution < -0.4 is 14.4 Å². The van der Waals surface area contributed by atoms with Gasteiger partial charge in [0.15, 0.2) is 0 Å². The lowest BCUT2D eigenvalue weighted by atomic mass is 10.1. The van der Waals surface area contributed by atoms with Crippen LogP contribution in [0.3, 0.4) is 0 Å². The fourth-order valence-corrected chi connectivity index (χ4v) is 5.93. The van der Waals surface area contributed by atoms with Crippen LogP contribution in [0.5, 0.6) is 5.75 Å². The molecule has 3 rings (SSSR count). The first-order valence-electron chi connectivity index (χ1n) is 12.8. The highest BCUT2D eigenvalue weighted by Crippen LogP contribution is 2.29. The summed E-state index contributed by atoms with van der Waals surface area (Å²) < 4.78 is 34.3. The van der Waals surface area contributed by atoms with Crippen molar-refractivity contribution in [2.45, 2.75) is 45.2 Å². The molecule has 0 heterocycles. The average molecular weight is 607 g/mol. The number of rotatable bonds is 12. The third kappa shape index (κ3) is 7.47. The van der Waals surface area contributed by atoms with Gasteiger partial charge in [-0.15, -0.1) is 0 Å². The average Bonchev–Trinajstić information content (AvgIpc) is 2.92. The molecule has 0 fully saturated rings. The Hall–Kier alpha value is -3.27. The number of anilines is 1. The van der Waals surface area contributed by atoms with Gasteiger partial charge in [-0.1, -0.05) is 47.0 Å². The molecule has 0 aliphatic rings. The molecular formula is C29H33Cl2N3O5S. The van der Waals surface area contributed by atoms with Gasteiger partial charge in [0.1, 0.15) is 18.3 Å². The summed E-state index contributed by atoms with van der Waals surface area (Å²) in [6.45, 7) is 7.17. The summed E-state index contributed by atoms with van der Waals surface area (Å²) in [7, 11) is -4.18. The maximum absolute atomic E-state index is 13.9. The molecule has 3 aromatic carbocycles. The van der Waals surface area contributed by atoms with Gasteiger partial charge in [-0.3, -0.25) is 13.9 Å². The van der Waals surface area contributed by atoms with Gasteiger partial charge in [0.2, 0.25) is 11.8 Å². The van der Waals surface area contributed by atoms with E-state index in [4.69, 9.17) is 27.9 Å². The second-order valence-corrected chi connectivity index (χ2v) is 11.7. The highest BCUT2D eigenvalue weighted by Gasteiger charge is 2.33. The molecule has 0 aliphatic carbocycles. The molecule has 0 bridgehead atoms. The number of nitrogens with zero attached hydrogens (tertiary/aromatic N) is 2. The summed E-state index contributed by atoms with van der Waals surface area (Å²) in [5.41, 5.74) is 1.60. The van der Waals surface area contributed by atoms with Gasteiger partial charge in [-0.05, 0) is 76.2 Å². The fourth-order valence-electron chi connectivity index (χ4n) is 4.00. The summed E-state index contributed by atoms with van der Waals surface area (Å²) in [6.07, 6.45) is 0. The van der Waals surface area contributed by atoms with Crippen LogP contribution in [-0.2, 0) is 26.2 Å². The molecule has 8 nitrogen and oxygen atoms in total. The van der Waals surface area contributed by atoms with E-state index in [-0.39, 0.29) is 17.1 Å². The molecule has 0 radical (unpaired) electrons. The van der Waals surface area contributed by atoms with Crippen molar-refractivity contribution in [2.24, 2.45) is 0 Å². The van der Waals surface area contributed by atoms with Crippen LogP contribution in [0.25, 0.3) is 0 Å². The van der Waals surface area contributed by atoms with Gasteiger partial charge in [-0.2, -0.15) is 0 Å². The van der Waals surface area contributed by atoms with Gasteiger partial charge in [-0.25, -0.2) is 8.42 Å². The van der Waals surface area contributed by atoms with Crippen molar-refractivity contribution >= 4 is 50.7 Å². The molecule has 0 saturated carbocycles. The number of aryl methyl sites for hydroxylation is 1. The molecule has 11 heteroatoms. The zero-order chi connectivity index (χ0) is 29.4. The van der Waals surface area contributed by atoms with Crippen LogP contribution >= 0.6 is 23.2 Å². The number of carbonyl (C=O) groups excluding carboxylic acids is 2. The number of ether oxygens (including phenoxy) is 1. The van der Waals surface area contributed by atoms with E-state index in [1.807, 2.05) is 13.8 Å². The molecular weight excluding hydrogens is 573 g/mol. The number of benzene rings is 3. The number of carbonyl (C=O) groups is 2. The molecule has 0 spiro atoms. The molecule has 2 amide bonds. The first-order valence-corrected chi connectivity index (χ1v) is 15.0. The number of halogens is 2. The lowest BCUT2D eigenvalue weighted by molar-refractivity contribution is -0.139. The zero-order valence-corrected chi connectivity index (χ0v) is 25.2. The summed E-state index contributed by atoms with van der Waals surface area (Å²) in [5.74, 6) is -0.447. The Labute approximate surface area is 245 Å². The van der Waals surface area contributed by atoms with Gasteiger partial charge < -0.3 is 15.0 Å². The number of nitrogens with one attached hydrogen (secondary N) is 1. The number of likely N-dealkylation sites (N-methyl/N-ethyl adjacent to an activating group) is 1. The van der Waals surface area contributed by atoms with Crippen molar-refractivity contribution in [1.82, 2.24) is 10.2 Å². The molecule has 214 valence electrons. The van der Waals surface area contributed by atoms with Crippen LogP contribution in [0.1, 0.15) is 31.9 Å². The van der Waals surface area contributed by atoms with E-state index < -0.39 is 34.4 Å². The minimum Gasteiger partial charge on any atom is -0.494 e. The summed E-state index contributed by atoms with van der Waals surface area (Å²) in [4.78, 5) is 28.1. The van der Waals surface area contributed by atoms with E-state index in [0.717, 1.165) is 9.87 Å². The van der Waals surface area contributed by atoms with Gasteiger partial charge in [0.25, 0.3) is 10.0 Å². The Kier molecular flexibility index (Phi) is 10.8. The highest BCUT2D eigenvalue weighted by molar-refractivity contribution is 7.92. The molecule has 0 aliphatic heterocycles. The van der Waals surface area contributed by atoms with Crippen LogP contribution in [0.15, 0.2) is 71.6 Å². The molecule has 3 aromatic rings. The summed E-state index contributed by atoms with van der Waals surface area (Å²) in [6, 6.07) is 16.8. The smallest absolute Gasteiger partial charge is 0.264 e. The Morgan fingerprint density at radius 2 is 1.55 bits per heavy atom. The molecule has 0 aromatic heterocycles. The minimum absolute atomic E-state index is 0.0252. The normalized spacial score (nSPS) is 11.9. The van der Waals surface area contributed by atoms with Gasteiger partial charge >= 0.3 is 0 Å². The predicted molar refractivity (Wildman–Crippen MR) is 158 cm³/mol. The number of sulfonamides is 1. The fraction of sp³-hybridized carbons (Fsp3) is 0.310. The quantitative estimate of drug-likeness (QED) is 0.296. The second kappa shape index (κ2) is 13.9. The third-order valence-electron chi connectivity index (χ3n) is 6.23. The maximum Gasteiger partial charge on any atom is 0.264 e. The third-order valence-corrected chi connectivity index (χ3v) is 8.73. The van der Waals surface area contributed by atoms with Crippen LogP contribution in [-0.4, -0.2) is 50.9 Å². The Balaban J connectivity index is 2.06. The largest absolute Gasteiger partial charge is 0.494 e. The lowest BCUT2D eigenvalue weighted by Gasteiger charge is -2.32. The summed E-state index contributed by atoms with van der Waals surface area (Å²) >= 11 is 12.8. The highest BCUT2D eigenvalue weighted by atomic mass is 35.5. The standard InChI is InChI=1S/C29H33Cl2N3O5S/c1-5-32-29(36)21(4)33(18-25-26(30)8-7-9-27(25)31)28(35)19-34(22-12-14-23(15-13-22)39-6-2)40(37,38)24-16-10-20(3)11-17-24/h7-17,21H,5-6,18-19H2,1-4H3,(H,32,36)/t21-/m1/s1. The van der Waals surface area contributed by atoms with Gasteiger partial charge in [0.05, 0.1) is 17.2 Å². The van der Waals surface area contributed by atoms with E-state index in [9.17, 15) is 18.0 Å². The topological polar surface area (TPSA) is 96.0 Å². The first-order chi connectivity index (χ1) is 19.0. The van der Waals surface area contributed by atoms with E-state index in [1.165, 1.54) is 17.0 Å². The molecule has 40 heavy (non-hydrogen) atoms. The van der Waals surface area contributed by atoms with Crippen molar-refractivity contribution in [3.63, 3.8) is 0 Å². The van der Waals surface area contributed by atoms with Crippen molar-refractivity contribution in [3.05, 3.63) is 87.9 Å². The van der Waals surface area contributed by atoms with Crippen molar-refractivity contribution in [1.29, 1.82) is 0 Å². The Morgan fingerprint density at radius 1 is 0.950 bits per heavy atom. The SMILES string of the molecule is CCNC(=O)[C@@H](C)N(Cc1c(Cl)cccc1Cl)C(=O)CN(c1ccc(OCC)cc1)S(=O)(=O)c1ccc(C)cc1. The number of hydrogen-bond acceptors (Lipinski definition) is 5. The predicted octanol–water partition coefficient (Wildman–Crippen LogP) is 5.45. The van der Waals surface area contributed by atoms with Crippen molar-refractivity contribution in [2.75, 3.05) is 24.0 Å². The van der Waals surface area contributed by atoms with Crippen molar-refractivity contribution < 1.29 is 22.7 Å². The zero-order valence-electron chi connectivity index (χ0n) is 22.9. The molecule has 1 N–H and O–H groups in total. The first kappa shape index (κ1) is 31.3. The Morgan fingerprint density at radius 3 is 2.10 bits per heavy atom. The van der Waals surface area contributed by atoms with Crippen LogP contribution in [0.4, 0.5) is 5.69 Å².